The van der Waals surface area contributed by atoms with Crippen molar-refractivity contribution in [1.82, 2.24) is 5.32 Å². The first-order valence-electron chi connectivity index (χ1n) is 6.64. The summed E-state index contributed by atoms with van der Waals surface area (Å²) in [7, 11) is 3.63. The minimum atomic E-state index is 0.575. The molecule has 20 heavy (non-hydrogen) atoms. The Kier molecular flexibility index (Phi) is 5.04. The molecule has 1 N–H and O–H groups in total. The van der Waals surface area contributed by atoms with Gasteiger partial charge >= 0.3 is 0 Å². The molecule has 0 bridgehead atoms. The molecular weight excluding hydrogens is 270 g/mol. The van der Waals surface area contributed by atoms with Gasteiger partial charge in [-0.2, -0.15) is 0 Å². The molecule has 2 rings (SSSR count). The van der Waals surface area contributed by atoms with E-state index in [2.05, 4.69) is 18.3 Å². The Bertz CT molecular complexity index is 578. The van der Waals surface area contributed by atoms with E-state index in [0.29, 0.717) is 6.61 Å². The molecule has 0 aliphatic carbocycles. The zero-order chi connectivity index (χ0) is 14.5. The summed E-state index contributed by atoms with van der Waals surface area (Å²) >= 11 is 1.81. The zero-order valence-electron chi connectivity index (χ0n) is 12.4. The highest BCUT2D eigenvalue weighted by Crippen LogP contribution is 2.30. The molecule has 1 aromatic carbocycles. The predicted octanol–water partition coefficient (Wildman–Crippen LogP) is 3.67. The van der Waals surface area contributed by atoms with Gasteiger partial charge in [0.05, 0.1) is 7.11 Å². The van der Waals surface area contributed by atoms with Gasteiger partial charge in [0.2, 0.25) is 0 Å². The van der Waals surface area contributed by atoms with Crippen LogP contribution >= 0.6 is 11.3 Å². The minimum Gasteiger partial charge on any atom is -0.493 e. The second-order valence-electron chi connectivity index (χ2n) is 4.77. The van der Waals surface area contributed by atoms with Crippen LogP contribution in [0.25, 0.3) is 0 Å². The maximum atomic E-state index is 5.90. The molecule has 0 saturated heterocycles. The summed E-state index contributed by atoms with van der Waals surface area (Å²) in [6.45, 7) is 5.65. The van der Waals surface area contributed by atoms with Crippen LogP contribution in [0.4, 0.5) is 0 Å². The van der Waals surface area contributed by atoms with Crippen molar-refractivity contribution in [2.24, 2.45) is 0 Å². The van der Waals surface area contributed by atoms with Crippen LogP contribution in [0.2, 0.25) is 0 Å². The van der Waals surface area contributed by atoms with Crippen LogP contribution in [0.15, 0.2) is 24.3 Å². The summed E-state index contributed by atoms with van der Waals surface area (Å²) < 4.78 is 11.3. The zero-order valence-corrected chi connectivity index (χ0v) is 13.3. The van der Waals surface area contributed by atoms with Gasteiger partial charge in [-0.05, 0) is 44.7 Å². The van der Waals surface area contributed by atoms with Gasteiger partial charge in [0.25, 0.3) is 0 Å². The summed E-state index contributed by atoms with van der Waals surface area (Å²) in [5, 5.41) is 3.17. The number of hydrogen-bond acceptors (Lipinski definition) is 4. The number of rotatable bonds is 6. The van der Waals surface area contributed by atoms with Crippen LogP contribution < -0.4 is 14.8 Å². The molecular formula is C16H21NO2S. The van der Waals surface area contributed by atoms with Gasteiger partial charge < -0.3 is 14.8 Å². The lowest BCUT2D eigenvalue weighted by Gasteiger charge is -2.11. The van der Waals surface area contributed by atoms with Crippen molar-refractivity contribution in [3.05, 3.63) is 45.1 Å². The van der Waals surface area contributed by atoms with E-state index in [-0.39, 0.29) is 0 Å². The first kappa shape index (κ1) is 14.9. The van der Waals surface area contributed by atoms with Crippen molar-refractivity contribution in [2.45, 2.75) is 27.0 Å². The van der Waals surface area contributed by atoms with E-state index in [0.717, 1.165) is 23.6 Å². The third-order valence-corrected chi connectivity index (χ3v) is 4.22. The topological polar surface area (TPSA) is 30.5 Å². The minimum absolute atomic E-state index is 0.575. The molecule has 108 valence electrons. The van der Waals surface area contributed by atoms with Crippen LogP contribution in [-0.2, 0) is 13.2 Å². The summed E-state index contributed by atoms with van der Waals surface area (Å²) in [4.78, 5) is 2.64. The Morgan fingerprint density at radius 1 is 1.15 bits per heavy atom. The molecule has 0 amide bonds. The molecule has 1 aromatic heterocycles. The highest BCUT2D eigenvalue weighted by atomic mass is 32.1. The molecule has 0 radical (unpaired) electrons. The predicted molar refractivity (Wildman–Crippen MR) is 83.9 cm³/mol. The van der Waals surface area contributed by atoms with Crippen molar-refractivity contribution in [2.75, 3.05) is 14.2 Å². The average Bonchev–Trinajstić information content (AvgIpc) is 2.78. The smallest absolute Gasteiger partial charge is 0.161 e. The van der Waals surface area contributed by atoms with Crippen LogP contribution in [0.5, 0.6) is 11.5 Å². The molecule has 3 nitrogen and oxygen atoms in total. The lowest BCUT2D eigenvalue weighted by Crippen LogP contribution is -2.03. The molecule has 4 heteroatoms. The number of nitrogens with one attached hydrogen (secondary N) is 1. The van der Waals surface area contributed by atoms with Crippen LogP contribution in [0, 0.1) is 13.8 Å². The number of thiophene rings is 1. The first-order chi connectivity index (χ1) is 9.63. The van der Waals surface area contributed by atoms with Gasteiger partial charge in [-0.3, -0.25) is 0 Å². The fourth-order valence-electron chi connectivity index (χ4n) is 2.04. The summed E-state index contributed by atoms with van der Waals surface area (Å²) in [6.07, 6.45) is 0. The number of ether oxygens (including phenoxy) is 2. The third kappa shape index (κ3) is 3.52. The standard InChI is InChI=1S/C16H21NO2S/c1-11-5-6-15(16(7-11)18-4)19-10-13-8-14(9-17-3)20-12(13)2/h5-8,17H,9-10H2,1-4H3. The van der Waals surface area contributed by atoms with E-state index in [4.69, 9.17) is 9.47 Å². The third-order valence-electron chi connectivity index (χ3n) is 3.12. The Hall–Kier alpha value is -1.52. The Morgan fingerprint density at radius 2 is 1.95 bits per heavy atom. The summed E-state index contributed by atoms with van der Waals surface area (Å²) in [6, 6.07) is 8.19. The highest BCUT2D eigenvalue weighted by Gasteiger charge is 2.08. The molecule has 0 spiro atoms. The van der Waals surface area contributed by atoms with Gasteiger partial charge in [0.15, 0.2) is 11.5 Å². The van der Waals surface area contributed by atoms with E-state index >= 15 is 0 Å². The molecule has 1 heterocycles. The largest absolute Gasteiger partial charge is 0.493 e. The van der Waals surface area contributed by atoms with Gasteiger partial charge in [-0.15, -0.1) is 11.3 Å². The molecule has 2 aromatic rings. The van der Waals surface area contributed by atoms with Crippen LogP contribution in [0.1, 0.15) is 20.9 Å². The quantitative estimate of drug-likeness (QED) is 0.881. The Morgan fingerprint density at radius 3 is 2.65 bits per heavy atom. The molecule has 0 atom stereocenters. The monoisotopic (exact) mass is 291 g/mol. The normalized spacial score (nSPS) is 10.6. The highest BCUT2D eigenvalue weighted by molar-refractivity contribution is 7.12. The van der Waals surface area contributed by atoms with E-state index in [9.17, 15) is 0 Å². The van der Waals surface area contributed by atoms with Crippen molar-refractivity contribution in [1.29, 1.82) is 0 Å². The van der Waals surface area contributed by atoms with Crippen molar-refractivity contribution >= 4 is 11.3 Å². The molecule has 0 fully saturated rings. The van der Waals surface area contributed by atoms with Crippen LogP contribution in [-0.4, -0.2) is 14.2 Å². The number of benzene rings is 1. The van der Waals surface area contributed by atoms with E-state index < -0.39 is 0 Å². The summed E-state index contributed by atoms with van der Waals surface area (Å²) in [5.74, 6) is 1.58. The second-order valence-corrected chi connectivity index (χ2v) is 6.11. The lowest BCUT2D eigenvalue weighted by atomic mass is 10.2. The fraction of sp³-hybridized carbons (Fsp3) is 0.375. The van der Waals surface area contributed by atoms with E-state index in [1.54, 1.807) is 7.11 Å². The van der Waals surface area contributed by atoms with Crippen molar-refractivity contribution in [3.63, 3.8) is 0 Å². The molecule has 0 unspecified atom stereocenters. The van der Waals surface area contributed by atoms with Gasteiger partial charge in [0.1, 0.15) is 6.61 Å². The molecule has 0 aliphatic rings. The first-order valence-corrected chi connectivity index (χ1v) is 7.46. The Labute approximate surface area is 124 Å². The number of methoxy groups -OCH3 is 1. The second kappa shape index (κ2) is 6.77. The average molecular weight is 291 g/mol. The molecule has 0 saturated carbocycles. The van der Waals surface area contributed by atoms with E-state index in [1.807, 2.05) is 43.5 Å². The van der Waals surface area contributed by atoms with Crippen LogP contribution in [0.3, 0.4) is 0 Å². The SMILES string of the molecule is CNCc1cc(COc2ccc(C)cc2OC)c(C)s1. The summed E-state index contributed by atoms with van der Waals surface area (Å²) in [5.41, 5.74) is 2.40. The van der Waals surface area contributed by atoms with Gasteiger partial charge in [0, 0.05) is 21.9 Å². The van der Waals surface area contributed by atoms with E-state index in [1.165, 1.54) is 15.3 Å². The lowest BCUT2D eigenvalue weighted by molar-refractivity contribution is 0.284. The van der Waals surface area contributed by atoms with Crippen molar-refractivity contribution < 1.29 is 9.47 Å². The maximum Gasteiger partial charge on any atom is 0.161 e. The fourth-order valence-corrected chi connectivity index (χ4v) is 3.10. The number of hydrogen-bond donors (Lipinski definition) is 1. The Balaban J connectivity index is 2.08. The van der Waals surface area contributed by atoms with Gasteiger partial charge in [-0.1, -0.05) is 6.07 Å². The van der Waals surface area contributed by atoms with Gasteiger partial charge in [-0.25, -0.2) is 0 Å². The molecule has 0 aliphatic heterocycles. The van der Waals surface area contributed by atoms with Crippen molar-refractivity contribution in [3.8, 4) is 11.5 Å². The maximum absolute atomic E-state index is 5.90. The number of aryl methyl sites for hydroxylation is 2.